The fourth-order valence-corrected chi connectivity index (χ4v) is 0.851. The molecule has 1 amide bonds. The zero-order valence-electron chi connectivity index (χ0n) is 8.81. The van der Waals surface area contributed by atoms with Crippen LogP contribution in [0.2, 0.25) is 0 Å². The van der Waals surface area contributed by atoms with Crippen LogP contribution in [0, 0.1) is 0 Å². The van der Waals surface area contributed by atoms with Gasteiger partial charge in [-0.25, -0.2) is 0 Å². The molecule has 0 unspecified atom stereocenters. The fourth-order valence-electron chi connectivity index (χ4n) is 0.851. The van der Waals surface area contributed by atoms with Crippen LogP contribution in [0.15, 0.2) is 0 Å². The highest BCUT2D eigenvalue weighted by Crippen LogP contribution is 1.97. The Bertz CT molecular complexity index is 151. The monoisotopic (exact) mass is 187 g/mol. The van der Waals surface area contributed by atoms with E-state index in [1.54, 1.807) is 0 Å². The summed E-state index contributed by atoms with van der Waals surface area (Å²) in [4.78, 5) is 11.1. The first-order valence-corrected chi connectivity index (χ1v) is 4.67. The molecule has 0 fully saturated rings. The summed E-state index contributed by atoms with van der Waals surface area (Å²) in [6.07, 6.45) is 0.511. The minimum absolute atomic E-state index is 0.0576. The van der Waals surface area contributed by atoms with Crippen molar-refractivity contribution < 1.29 is 4.79 Å². The highest BCUT2D eigenvalue weighted by atomic mass is 16.1. The maximum atomic E-state index is 11.1. The minimum Gasteiger partial charge on any atom is -0.355 e. The molecule has 0 spiro atoms. The van der Waals surface area contributed by atoms with Gasteiger partial charge in [0.25, 0.3) is 0 Å². The second kappa shape index (κ2) is 5.94. The Kier molecular flexibility index (Phi) is 5.66. The van der Waals surface area contributed by atoms with Crippen LogP contribution in [0.3, 0.4) is 0 Å². The topological polar surface area (TPSA) is 67.2 Å². The third kappa shape index (κ3) is 9.30. The van der Waals surface area contributed by atoms with Crippen LogP contribution in [0.1, 0.15) is 27.2 Å². The molecule has 13 heavy (non-hydrogen) atoms. The Morgan fingerprint density at radius 3 is 2.38 bits per heavy atom. The van der Waals surface area contributed by atoms with Crippen LogP contribution in [0.4, 0.5) is 0 Å². The van der Waals surface area contributed by atoms with Crippen LogP contribution in [-0.2, 0) is 4.79 Å². The molecule has 0 aromatic rings. The Morgan fingerprint density at radius 1 is 1.31 bits per heavy atom. The third-order valence-electron chi connectivity index (χ3n) is 1.47. The largest absolute Gasteiger partial charge is 0.355 e. The van der Waals surface area contributed by atoms with Crippen molar-refractivity contribution in [2.75, 3.05) is 19.6 Å². The van der Waals surface area contributed by atoms with E-state index in [9.17, 15) is 4.79 Å². The normalized spacial score (nSPS) is 11.4. The number of nitrogens with two attached hydrogens (primary N) is 1. The minimum atomic E-state index is 0.0576. The predicted molar refractivity (Wildman–Crippen MR) is 54.4 cm³/mol. The summed E-state index contributed by atoms with van der Waals surface area (Å²) < 4.78 is 0. The molecule has 0 rings (SSSR count). The first kappa shape index (κ1) is 12.4. The number of hydrogen-bond acceptors (Lipinski definition) is 3. The van der Waals surface area contributed by atoms with Crippen LogP contribution < -0.4 is 16.4 Å². The Morgan fingerprint density at radius 2 is 1.92 bits per heavy atom. The van der Waals surface area contributed by atoms with Gasteiger partial charge in [0.05, 0.1) is 0 Å². The van der Waals surface area contributed by atoms with Crippen molar-refractivity contribution in [2.24, 2.45) is 5.73 Å². The summed E-state index contributed by atoms with van der Waals surface area (Å²) in [5.74, 6) is 0.0576. The van der Waals surface area contributed by atoms with Gasteiger partial charge in [-0.05, 0) is 20.8 Å². The zero-order chi connectivity index (χ0) is 10.3. The number of hydrogen-bond donors (Lipinski definition) is 3. The van der Waals surface area contributed by atoms with Gasteiger partial charge in [-0.3, -0.25) is 4.79 Å². The second-order valence-electron chi connectivity index (χ2n) is 4.07. The van der Waals surface area contributed by atoms with E-state index in [0.29, 0.717) is 26.1 Å². The van der Waals surface area contributed by atoms with Crippen molar-refractivity contribution >= 4 is 5.91 Å². The van der Waals surface area contributed by atoms with E-state index in [2.05, 4.69) is 31.4 Å². The molecule has 0 aromatic carbocycles. The van der Waals surface area contributed by atoms with E-state index >= 15 is 0 Å². The van der Waals surface area contributed by atoms with E-state index < -0.39 is 0 Å². The molecular weight excluding hydrogens is 166 g/mol. The molecule has 0 bridgehead atoms. The average molecular weight is 187 g/mol. The third-order valence-corrected chi connectivity index (χ3v) is 1.47. The van der Waals surface area contributed by atoms with Crippen LogP contribution in [0.5, 0.6) is 0 Å². The summed E-state index contributed by atoms with van der Waals surface area (Å²) in [5.41, 5.74) is 5.32. The molecule has 4 N–H and O–H groups in total. The molecule has 4 nitrogen and oxygen atoms in total. The Balaban J connectivity index is 3.37. The van der Waals surface area contributed by atoms with Gasteiger partial charge in [-0.1, -0.05) is 0 Å². The summed E-state index contributed by atoms with van der Waals surface area (Å²) in [6.45, 7) is 7.99. The number of nitrogens with one attached hydrogen (secondary N) is 2. The maximum absolute atomic E-state index is 11.1. The molecule has 0 saturated heterocycles. The highest BCUT2D eigenvalue weighted by molar-refractivity contribution is 5.76. The van der Waals surface area contributed by atoms with E-state index in [4.69, 9.17) is 5.73 Å². The smallest absolute Gasteiger partial charge is 0.221 e. The van der Waals surface area contributed by atoms with Gasteiger partial charge in [0.2, 0.25) is 5.91 Å². The molecule has 78 valence electrons. The summed E-state index contributed by atoms with van der Waals surface area (Å²) in [7, 11) is 0. The van der Waals surface area contributed by atoms with Gasteiger partial charge < -0.3 is 16.4 Å². The first-order valence-electron chi connectivity index (χ1n) is 4.67. The molecule has 0 radical (unpaired) electrons. The lowest BCUT2D eigenvalue weighted by Crippen LogP contribution is -2.39. The van der Waals surface area contributed by atoms with E-state index in [1.165, 1.54) is 0 Å². The summed E-state index contributed by atoms with van der Waals surface area (Å²) in [5, 5.41) is 5.95. The number of rotatable bonds is 5. The molecule has 0 aromatic heterocycles. The molecule has 0 aliphatic heterocycles. The lowest BCUT2D eigenvalue weighted by Gasteiger charge is -2.20. The lowest BCUT2D eigenvalue weighted by molar-refractivity contribution is -0.120. The van der Waals surface area contributed by atoms with Crippen molar-refractivity contribution in [2.45, 2.75) is 32.7 Å². The van der Waals surface area contributed by atoms with Gasteiger partial charge >= 0.3 is 0 Å². The fraction of sp³-hybridized carbons (Fsp3) is 0.889. The molecule has 0 aliphatic carbocycles. The standard InChI is InChI=1S/C9H21N3O/c1-9(2,3)12-6-4-8(13)11-7-5-10/h12H,4-7,10H2,1-3H3,(H,11,13). The van der Waals surface area contributed by atoms with Crippen molar-refractivity contribution in [3.63, 3.8) is 0 Å². The van der Waals surface area contributed by atoms with E-state index in [0.717, 1.165) is 0 Å². The predicted octanol–water partition coefficient (Wildman–Crippen LogP) is -0.160. The number of carbonyl (C=O) groups excluding carboxylic acids is 1. The molecular formula is C9H21N3O. The molecule has 0 heterocycles. The quantitative estimate of drug-likeness (QED) is 0.560. The second-order valence-corrected chi connectivity index (χ2v) is 4.07. The molecule has 0 atom stereocenters. The first-order chi connectivity index (χ1) is 5.95. The van der Waals surface area contributed by atoms with E-state index in [1.807, 2.05) is 0 Å². The van der Waals surface area contributed by atoms with Gasteiger partial charge in [0, 0.05) is 31.6 Å². The van der Waals surface area contributed by atoms with Crippen LogP contribution >= 0.6 is 0 Å². The Hall–Kier alpha value is -0.610. The zero-order valence-corrected chi connectivity index (χ0v) is 8.81. The maximum Gasteiger partial charge on any atom is 0.221 e. The number of carbonyl (C=O) groups is 1. The highest BCUT2D eigenvalue weighted by Gasteiger charge is 2.08. The summed E-state index contributed by atoms with van der Waals surface area (Å²) >= 11 is 0. The van der Waals surface area contributed by atoms with Crippen LogP contribution in [0.25, 0.3) is 0 Å². The number of amides is 1. The molecule has 0 aliphatic rings. The van der Waals surface area contributed by atoms with Crippen molar-refractivity contribution in [1.82, 2.24) is 10.6 Å². The van der Waals surface area contributed by atoms with Crippen LogP contribution in [-0.4, -0.2) is 31.1 Å². The van der Waals surface area contributed by atoms with Gasteiger partial charge in [-0.15, -0.1) is 0 Å². The molecule has 0 saturated carbocycles. The van der Waals surface area contributed by atoms with Crippen molar-refractivity contribution in [1.29, 1.82) is 0 Å². The van der Waals surface area contributed by atoms with Gasteiger partial charge in [-0.2, -0.15) is 0 Å². The Labute approximate surface area is 80.3 Å². The SMILES string of the molecule is CC(C)(C)NCCC(=O)NCCN. The van der Waals surface area contributed by atoms with Crippen molar-refractivity contribution in [3.8, 4) is 0 Å². The average Bonchev–Trinajstić information content (AvgIpc) is 1.98. The lowest BCUT2D eigenvalue weighted by atomic mass is 10.1. The van der Waals surface area contributed by atoms with Crippen molar-refractivity contribution in [3.05, 3.63) is 0 Å². The van der Waals surface area contributed by atoms with E-state index in [-0.39, 0.29) is 11.4 Å². The van der Waals surface area contributed by atoms with Gasteiger partial charge in [0.1, 0.15) is 0 Å². The van der Waals surface area contributed by atoms with Gasteiger partial charge in [0.15, 0.2) is 0 Å². The molecule has 4 heteroatoms. The summed E-state index contributed by atoms with van der Waals surface area (Å²) in [6, 6.07) is 0.